The molecule has 1 heterocycles. The molecular weight excluding hydrogens is 290 g/mol. The van der Waals surface area contributed by atoms with Gasteiger partial charge in [-0.1, -0.05) is 12.1 Å². The second-order valence-corrected chi connectivity index (χ2v) is 5.99. The summed E-state index contributed by atoms with van der Waals surface area (Å²) >= 11 is 0. The predicted octanol–water partition coefficient (Wildman–Crippen LogP) is 0.868. The summed E-state index contributed by atoms with van der Waals surface area (Å²) in [4.78, 5) is 8.12. The Morgan fingerprint density at radius 2 is 2.10 bits per heavy atom. The largest absolute Gasteiger partial charge is 0.365 e. The van der Waals surface area contributed by atoms with Crippen LogP contribution in [0.3, 0.4) is 0 Å². The molecule has 0 spiro atoms. The molecule has 0 amide bonds. The fourth-order valence-electron chi connectivity index (χ4n) is 1.61. The van der Waals surface area contributed by atoms with Crippen LogP contribution in [0.2, 0.25) is 0 Å². The van der Waals surface area contributed by atoms with E-state index in [0.717, 1.165) is 5.56 Å². The monoisotopic (exact) mass is 303 g/mol. The van der Waals surface area contributed by atoms with E-state index in [-0.39, 0.29) is 10.6 Å². The summed E-state index contributed by atoms with van der Waals surface area (Å²) in [5.74, 6) is 0.510. The van der Waals surface area contributed by atoms with Crippen molar-refractivity contribution in [1.82, 2.24) is 14.7 Å². The van der Waals surface area contributed by atoms with E-state index in [4.69, 9.17) is 5.26 Å². The molecule has 7 nitrogen and oxygen atoms in total. The SMILES string of the molecule is CNS(=O)(=O)c1cccc(CNc2cnc(C#N)cn2)c1. The van der Waals surface area contributed by atoms with Crippen LogP contribution in [0, 0.1) is 11.3 Å². The maximum atomic E-state index is 11.7. The predicted molar refractivity (Wildman–Crippen MR) is 76.8 cm³/mol. The second-order valence-electron chi connectivity index (χ2n) is 4.11. The van der Waals surface area contributed by atoms with Crippen molar-refractivity contribution in [3.05, 3.63) is 47.9 Å². The highest BCUT2D eigenvalue weighted by Crippen LogP contribution is 2.12. The molecule has 0 saturated carbocycles. The first-order valence-electron chi connectivity index (χ1n) is 6.03. The minimum atomic E-state index is -3.45. The van der Waals surface area contributed by atoms with Crippen molar-refractivity contribution in [3.8, 4) is 6.07 Å². The molecule has 21 heavy (non-hydrogen) atoms. The molecule has 0 fully saturated rings. The van der Waals surface area contributed by atoms with Crippen molar-refractivity contribution in [2.45, 2.75) is 11.4 Å². The Bertz CT molecular complexity index is 766. The Kier molecular flexibility index (Phi) is 4.47. The molecule has 0 unspecified atom stereocenters. The fourth-order valence-corrected chi connectivity index (χ4v) is 2.41. The van der Waals surface area contributed by atoms with E-state index in [2.05, 4.69) is 20.0 Å². The van der Waals surface area contributed by atoms with E-state index in [1.54, 1.807) is 18.2 Å². The smallest absolute Gasteiger partial charge is 0.240 e. The summed E-state index contributed by atoms with van der Waals surface area (Å²) in [5.41, 5.74) is 1.03. The van der Waals surface area contributed by atoms with Crippen molar-refractivity contribution in [2.24, 2.45) is 0 Å². The first-order valence-corrected chi connectivity index (χ1v) is 7.52. The van der Waals surface area contributed by atoms with Crippen molar-refractivity contribution in [2.75, 3.05) is 12.4 Å². The van der Waals surface area contributed by atoms with Crippen molar-refractivity contribution in [3.63, 3.8) is 0 Å². The molecule has 1 aromatic carbocycles. The first-order chi connectivity index (χ1) is 10.0. The molecule has 2 N–H and O–H groups in total. The van der Waals surface area contributed by atoms with Gasteiger partial charge in [0, 0.05) is 6.54 Å². The number of anilines is 1. The number of hydrogen-bond acceptors (Lipinski definition) is 6. The van der Waals surface area contributed by atoms with Gasteiger partial charge < -0.3 is 5.32 Å². The number of sulfonamides is 1. The molecule has 0 atom stereocenters. The molecular formula is C13H13N5O2S. The summed E-state index contributed by atoms with van der Waals surface area (Å²) in [7, 11) is -2.09. The Hall–Kier alpha value is -2.50. The lowest BCUT2D eigenvalue weighted by molar-refractivity contribution is 0.588. The lowest BCUT2D eigenvalue weighted by Gasteiger charge is -2.07. The average molecular weight is 303 g/mol. The molecule has 108 valence electrons. The van der Waals surface area contributed by atoms with Gasteiger partial charge in [-0.25, -0.2) is 23.1 Å². The number of hydrogen-bond donors (Lipinski definition) is 2. The van der Waals surface area contributed by atoms with E-state index in [1.165, 1.54) is 25.5 Å². The van der Waals surface area contributed by atoms with E-state index < -0.39 is 10.0 Å². The third-order valence-electron chi connectivity index (χ3n) is 2.72. The molecule has 8 heteroatoms. The van der Waals surface area contributed by atoms with Gasteiger partial charge in [0.05, 0.1) is 17.3 Å². The van der Waals surface area contributed by atoms with Gasteiger partial charge in [0.1, 0.15) is 11.9 Å². The second kappa shape index (κ2) is 6.30. The Balaban J connectivity index is 2.10. The van der Waals surface area contributed by atoms with Crippen molar-refractivity contribution < 1.29 is 8.42 Å². The topological polar surface area (TPSA) is 108 Å². The van der Waals surface area contributed by atoms with Crippen LogP contribution in [0.5, 0.6) is 0 Å². The summed E-state index contributed by atoms with van der Waals surface area (Å²) in [6.07, 6.45) is 2.82. The number of nitriles is 1. The quantitative estimate of drug-likeness (QED) is 0.848. The summed E-state index contributed by atoms with van der Waals surface area (Å²) in [6, 6.07) is 8.46. The highest BCUT2D eigenvalue weighted by molar-refractivity contribution is 7.89. The third kappa shape index (κ3) is 3.75. The standard InChI is InChI=1S/C13H13N5O2S/c1-15-21(19,20)12-4-2-3-10(5-12)7-17-13-9-16-11(6-14)8-18-13/h2-5,8-9,15H,7H2,1H3,(H,17,18). The molecule has 0 aliphatic heterocycles. The van der Waals surface area contributed by atoms with Crippen LogP contribution in [-0.2, 0) is 16.6 Å². The van der Waals surface area contributed by atoms with Gasteiger partial charge in [-0.05, 0) is 24.7 Å². The number of benzene rings is 1. The van der Waals surface area contributed by atoms with Crippen LogP contribution in [0.1, 0.15) is 11.3 Å². The van der Waals surface area contributed by atoms with Crippen LogP contribution in [-0.4, -0.2) is 25.4 Å². The third-order valence-corrected chi connectivity index (χ3v) is 4.13. The van der Waals surface area contributed by atoms with E-state index in [9.17, 15) is 8.42 Å². The minimum absolute atomic E-state index is 0.204. The van der Waals surface area contributed by atoms with Gasteiger partial charge in [0.15, 0.2) is 5.69 Å². The van der Waals surface area contributed by atoms with Crippen LogP contribution >= 0.6 is 0 Å². The van der Waals surface area contributed by atoms with Crippen LogP contribution in [0.25, 0.3) is 0 Å². The summed E-state index contributed by atoms with van der Waals surface area (Å²) < 4.78 is 25.7. The van der Waals surface area contributed by atoms with Gasteiger partial charge in [-0.2, -0.15) is 5.26 Å². The van der Waals surface area contributed by atoms with Gasteiger partial charge >= 0.3 is 0 Å². The van der Waals surface area contributed by atoms with Gasteiger partial charge in [0.2, 0.25) is 10.0 Å². The number of nitrogens with zero attached hydrogens (tertiary/aromatic N) is 3. The molecule has 0 aliphatic rings. The maximum absolute atomic E-state index is 11.7. The highest BCUT2D eigenvalue weighted by atomic mass is 32.2. The lowest BCUT2D eigenvalue weighted by Crippen LogP contribution is -2.18. The Morgan fingerprint density at radius 3 is 2.71 bits per heavy atom. The van der Waals surface area contributed by atoms with E-state index in [0.29, 0.717) is 12.4 Å². The zero-order valence-electron chi connectivity index (χ0n) is 11.2. The molecule has 2 aromatic rings. The van der Waals surface area contributed by atoms with Crippen LogP contribution in [0.15, 0.2) is 41.6 Å². The Morgan fingerprint density at radius 1 is 1.29 bits per heavy atom. The number of nitrogens with one attached hydrogen (secondary N) is 2. The average Bonchev–Trinajstić information content (AvgIpc) is 2.53. The molecule has 0 radical (unpaired) electrons. The van der Waals surface area contributed by atoms with Crippen molar-refractivity contribution in [1.29, 1.82) is 5.26 Å². The zero-order valence-corrected chi connectivity index (χ0v) is 12.1. The molecule has 0 saturated heterocycles. The first kappa shape index (κ1) is 14.9. The van der Waals surface area contributed by atoms with Crippen LogP contribution < -0.4 is 10.0 Å². The number of aromatic nitrogens is 2. The Labute approximate surface area is 122 Å². The highest BCUT2D eigenvalue weighted by Gasteiger charge is 2.11. The number of rotatable bonds is 5. The molecule has 2 rings (SSSR count). The zero-order chi connectivity index (χ0) is 15.3. The van der Waals surface area contributed by atoms with Crippen LogP contribution in [0.4, 0.5) is 5.82 Å². The summed E-state index contributed by atoms with van der Waals surface area (Å²) in [6.45, 7) is 0.396. The normalized spacial score (nSPS) is 10.9. The minimum Gasteiger partial charge on any atom is -0.365 e. The molecule has 0 aliphatic carbocycles. The van der Waals surface area contributed by atoms with Gasteiger partial charge in [-0.3, -0.25) is 0 Å². The van der Waals surface area contributed by atoms with Gasteiger partial charge in [-0.15, -0.1) is 0 Å². The van der Waals surface area contributed by atoms with Gasteiger partial charge in [0.25, 0.3) is 0 Å². The maximum Gasteiger partial charge on any atom is 0.240 e. The molecule has 1 aromatic heterocycles. The lowest BCUT2D eigenvalue weighted by atomic mass is 10.2. The van der Waals surface area contributed by atoms with E-state index >= 15 is 0 Å². The summed E-state index contributed by atoms with van der Waals surface area (Å²) in [5, 5.41) is 11.6. The van der Waals surface area contributed by atoms with Crippen molar-refractivity contribution >= 4 is 15.8 Å². The van der Waals surface area contributed by atoms with E-state index in [1.807, 2.05) is 6.07 Å². The molecule has 0 bridgehead atoms. The fraction of sp³-hybridized carbons (Fsp3) is 0.154.